The molecule has 0 aromatic heterocycles. The number of amides is 1. The first-order chi connectivity index (χ1) is 8.98. The van der Waals surface area contributed by atoms with E-state index in [9.17, 15) is 13.2 Å². The highest BCUT2D eigenvalue weighted by Gasteiger charge is 2.29. The van der Waals surface area contributed by atoms with Crippen LogP contribution in [0.4, 0.5) is 0 Å². The van der Waals surface area contributed by atoms with Crippen molar-refractivity contribution in [1.29, 1.82) is 0 Å². The number of likely N-dealkylation sites (tertiary alicyclic amines) is 1. The third-order valence-corrected chi connectivity index (χ3v) is 5.91. The van der Waals surface area contributed by atoms with Gasteiger partial charge in [-0.15, -0.1) is 0 Å². The molecule has 2 unspecified atom stereocenters. The molecule has 19 heavy (non-hydrogen) atoms. The third-order valence-electron chi connectivity index (χ3n) is 4.08. The van der Waals surface area contributed by atoms with Gasteiger partial charge in [-0.05, 0) is 45.1 Å². The van der Waals surface area contributed by atoms with E-state index in [4.69, 9.17) is 0 Å². The second-order valence-corrected chi connectivity index (χ2v) is 8.01. The zero-order valence-electron chi connectivity index (χ0n) is 11.6. The zero-order valence-corrected chi connectivity index (χ0v) is 12.4. The Bertz CT molecular complexity index is 416. The molecule has 2 fully saturated rings. The molecule has 0 radical (unpaired) electrons. The summed E-state index contributed by atoms with van der Waals surface area (Å²) in [5.41, 5.74) is 0. The lowest BCUT2D eigenvalue weighted by molar-refractivity contribution is -0.133. The van der Waals surface area contributed by atoms with Gasteiger partial charge < -0.3 is 10.2 Å². The van der Waals surface area contributed by atoms with E-state index in [0.29, 0.717) is 12.3 Å². The standard InChI is InChI=1S/C13H24N2O3S/c1-11(13(16)15-6-3-2-4-7-15)14-9-12-5-8-19(17,18)10-12/h11-12,14H,2-10H2,1H3. The van der Waals surface area contributed by atoms with Crippen LogP contribution in [0.3, 0.4) is 0 Å². The van der Waals surface area contributed by atoms with Crippen molar-refractivity contribution in [3.63, 3.8) is 0 Å². The highest BCUT2D eigenvalue weighted by molar-refractivity contribution is 7.91. The Hall–Kier alpha value is -0.620. The van der Waals surface area contributed by atoms with E-state index in [1.54, 1.807) is 0 Å². The molecule has 110 valence electrons. The number of rotatable bonds is 4. The molecule has 0 spiro atoms. The SMILES string of the molecule is CC(NCC1CCS(=O)(=O)C1)C(=O)N1CCCCC1. The normalized spacial score (nSPS) is 28.3. The topological polar surface area (TPSA) is 66.5 Å². The summed E-state index contributed by atoms with van der Waals surface area (Å²) in [5, 5.41) is 3.20. The molecular formula is C13H24N2O3S. The fraction of sp³-hybridized carbons (Fsp3) is 0.923. The molecule has 2 saturated heterocycles. The van der Waals surface area contributed by atoms with Crippen LogP contribution in [0.2, 0.25) is 0 Å². The smallest absolute Gasteiger partial charge is 0.239 e. The summed E-state index contributed by atoms with van der Waals surface area (Å²) in [7, 11) is -2.82. The molecule has 0 saturated carbocycles. The van der Waals surface area contributed by atoms with Crippen molar-refractivity contribution in [3.05, 3.63) is 0 Å². The third kappa shape index (κ3) is 4.18. The van der Waals surface area contributed by atoms with Crippen LogP contribution in [0.1, 0.15) is 32.6 Å². The lowest BCUT2D eigenvalue weighted by atomic mass is 10.1. The first-order valence-corrected chi connectivity index (χ1v) is 9.03. The van der Waals surface area contributed by atoms with E-state index in [2.05, 4.69) is 5.32 Å². The fourth-order valence-electron chi connectivity index (χ4n) is 2.85. The maximum atomic E-state index is 12.2. The van der Waals surface area contributed by atoms with Crippen molar-refractivity contribution in [2.45, 2.75) is 38.6 Å². The molecule has 2 atom stereocenters. The number of piperidine rings is 1. The second-order valence-electron chi connectivity index (χ2n) is 5.78. The number of carbonyl (C=O) groups excluding carboxylic acids is 1. The van der Waals surface area contributed by atoms with Gasteiger partial charge in [-0.3, -0.25) is 4.79 Å². The Morgan fingerprint density at radius 3 is 2.58 bits per heavy atom. The van der Waals surface area contributed by atoms with Crippen LogP contribution in [0, 0.1) is 5.92 Å². The summed E-state index contributed by atoms with van der Waals surface area (Å²) in [5.74, 6) is 0.889. The van der Waals surface area contributed by atoms with Crippen LogP contribution in [-0.4, -0.2) is 56.4 Å². The first kappa shape index (κ1) is 14.8. The zero-order chi connectivity index (χ0) is 13.9. The predicted octanol–water partition coefficient (Wildman–Crippen LogP) is 0.412. The summed E-state index contributed by atoms with van der Waals surface area (Å²) in [4.78, 5) is 14.1. The Morgan fingerprint density at radius 2 is 2.00 bits per heavy atom. The average molecular weight is 288 g/mol. The van der Waals surface area contributed by atoms with Crippen LogP contribution < -0.4 is 5.32 Å². The number of sulfone groups is 1. The van der Waals surface area contributed by atoms with Gasteiger partial charge in [0, 0.05) is 13.1 Å². The van der Waals surface area contributed by atoms with Gasteiger partial charge in [-0.1, -0.05) is 0 Å². The molecule has 2 heterocycles. The van der Waals surface area contributed by atoms with E-state index < -0.39 is 9.84 Å². The van der Waals surface area contributed by atoms with Gasteiger partial charge in [0.15, 0.2) is 9.84 Å². The molecule has 0 aliphatic carbocycles. The lowest BCUT2D eigenvalue weighted by Gasteiger charge is -2.29. The van der Waals surface area contributed by atoms with Gasteiger partial charge in [0.05, 0.1) is 17.5 Å². The molecule has 6 heteroatoms. The molecule has 0 aromatic rings. The maximum absolute atomic E-state index is 12.2. The van der Waals surface area contributed by atoms with Crippen LogP contribution >= 0.6 is 0 Å². The summed E-state index contributed by atoms with van der Waals surface area (Å²) in [6.45, 7) is 4.23. The summed E-state index contributed by atoms with van der Waals surface area (Å²) in [6, 6.07) is -0.207. The van der Waals surface area contributed by atoms with Crippen molar-refractivity contribution in [1.82, 2.24) is 10.2 Å². The van der Waals surface area contributed by atoms with Gasteiger partial charge >= 0.3 is 0 Å². The number of carbonyl (C=O) groups is 1. The highest BCUT2D eigenvalue weighted by Crippen LogP contribution is 2.17. The Morgan fingerprint density at radius 1 is 1.32 bits per heavy atom. The van der Waals surface area contributed by atoms with Gasteiger partial charge in [-0.25, -0.2) is 8.42 Å². The minimum absolute atomic E-state index is 0.153. The summed E-state index contributed by atoms with van der Waals surface area (Å²) >= 11 is 0. The largest absolute Gasteiger partial charge is 0.341 e. The molecule has 2 aliphatic rings. The van der Waals surface area contributed by atoms with Crippen molar-refractivity contribution < 1.29 is 13.2 Å². The average Bonchev–Trinajstić information content (AvgIpc) is 2.76. The minimum Gasteiger partial charge on any atom is -0.341 e. The van der Waals surface area contributed by atoms with Crippen LogP contribution in [-0.2, 0) is 14.6 Å². The van der Waals surface area contributed by atoms with E-state index in [1.807, 2.05) is 11.8 Å². The van der Waals surface area contributed by atoms with Gasteiger partial charge in [0.1, 0.15) is 0 Å². The Balaban J connectivity index is 1.74. The number of nitrogens with one attached hydrogen (secondary N) is 1. The molecule has 2 rings (SSSR count). The number of hydrogen-bond acceptors (Lipinski definition) is 4. The molecule has 2 aliphatic heterocycles. The van der Waals surface area contributed by atoms with Crippen molar-refractivity contribution >= 4 is 15.7 Å². The lowest BCUT2D eigenvalue weighted by Crippen LogP contribution is -2.47. The van der Waals surface area contributed by atoms with E-state index in [0.717, 1.165) is 32.4 Å². The van der Waals surface area contributed by atoms with Gasteiger partial charge in [0.25, 0.3) is 0 Å². The van der Waals surface area contributed by atoms with E-state index in [1.165, 1.54) is 6.42 Å². The fourth-order valence-corrected chi connectivity index (χ4v) is 4.71. The second kappa shape index (κ2) is 6.22. The highest BCUT2D eigenvalue weighted by atomic mass is 32.2. The molecular weight excluding hydrogens is 264 g/mol. The minimum atomic E-state index is -2.82. The van der Waals surface area contributed by atoms with Crippen molar-refractivity contribution in [2.75, 3.05) is 31.1 Å². The van der Waals surface area contributed by atoms with Crippen LogP contribution in [0.25, 0.3) is 0 Å². The van der Waals surface area contributed by atoms with Crippen LogP contribution in [0.15, 0.2) is 0 Å². The molecule has 0 aromatic carbocycles. The molecule has 1 N–H and O–H groups in total. The molecule has 1 amide bonds. The number of nitrogens with zero attached hydrogens (tertiary/aromatic N) is 1. The Kier molecular flexibility index (Phi) is 4.84. The number of hydrogen-bond donors (Lipinski definition) is 1. The van der Waals surface area contributed by atoms with Crippen LogP contribution in [0.5, 0.6) is 0 Å². The van der Waals surface area contributed by atoms with Crippen molar-refractivity contribution in [3.8, 4) is 0 Å². The molecule has 0 bridgehead atoms. The monoisotopic (exact) mass is 288 g/mol. The van der Waals surface area contributed by atoms with E-state index >= 15 is 0 Å². The first-order valence-electron chi connectivity index (χ1n) is 7.20. The quantitative estimate of drug-likeness (QED) is 0.814. The summed E-state index contributed by atoms with van der Waals surface area (Å²) in [6.07, 6.45) is 4.13. The van der Waals surface area contributed by atoms with Gasteiger partial charge in [-0.2, -0.15) is 0 Å². The Labute approximate surface area is 115 Å². The maximum Gasteiger partial charge on any atom is 0.239 e. The van der Waals surface area contributed by atoms with Crippen molar-refractivity contribution in [2.24, 2.45) is 5.92 Å². The molecule has 5 nitrogen and oxygen atoms in total. The van der Waals surface area contributed by atoms with Gasteiger partial charge in [0.2, 0.25) is 5.91 Å². The van der Waals surface area contributed by atoms with E-state index in [-0.39, 0.29) is 23.6 Å². The predicted molar refractivity (Wildman–Crippen MR) is 74.7 cm³/mol. The summed E-state index contributed by atoms with van der Waals surface area (Å²) < 4.78 is 22.7.